The number of hydrogen-bond acceptors (Lipinski definition) is 5. The monoisotopic (exact) mass is 393 g/mol. The van der Waals surface area contributed by atoms with Gasteiger partial charge in [0.2, 0.25) is 10.0 Å². The van der Waals surface area contributed by atoms with Crippen molar-refractivity contribution in [1.29, 1.82) is 0 Å². The van der Waals surface area contributed by atoms with E-state index in [4.69, 9.17) is 14.6 Å². The quantitative estimate of drug-likeness (QED) is 0.787. The number of benzene rings is 1. The number of ether oxygens (including phenoxy) is 2. The van der Waals surface area contributed by atoms with E-state index in [0.717, 1.165) is 0 Å². The fourth-order valence-corrected chi connectivity index (χ4v) is 4.33. The molecule has 0 fully saturated rings. The van der Waals surface area contributed by atoms with E-state index in [1.807, 2.05) is 0 Å². The second kappa shape index (κ2) is 6.43. The highest BCUT2D eigenvalue weighted by Crippen LogP contribution is 2.37. The summed E-state index contributed by atoms with van der Waals surface area (Å²) in [6.45, 7) is 3.96. The van der Waals surface area contributed by atoms with Crippen molar-refractivity contribution < 1.29 is 27.8 Å². The first-order valence-corrected chi connectivity index (χ1v) is 8.84. The van der Waals surface area contributed by atoms with Crippen LogP contribution in [0.25, 0.3) is 0 Å². The van der Waals surface area contributed by atoms with Crippen LogP contribution in [0, 0.1) is 5.92 Å². The Bertz CT molecular complexity index is 688. The molecule has 0 radical (unpaired) electrons. The molecule has 0 aliphatic carbocycles. The summed E-state index contributed by atoms with van der Waals surface area (Å²) in [6.07, 6.45) is 0. The first-order valence-electron chi connectivity index (χ1n) is 6.56. The van der Waals surface area contributed by atoms with Crippen LogP contribution in [0.15, 0.2) is 21.5 Å². The average molecular weight is 394 g/mol. The smallest absolute Gasteiger partial charge is 0.322 e. The Morgan fingerprint density at radius 1 is 1.27 bits per heavy atom. The normalized spacial score (nSPS) is 15.6. The van der Waals surface area contributed by atoms with Crippen molar-refractivity contribution in [3.8, 4) is 11.5 Å². The average Bonchev–Trinajstić information content (AvgIpc) is 2.43. The van der Waals surface area contributed by atoms with Crippen LogP contribution in [-0.4, -0.2) is 38.7 Å². The van der Waals surface area contributed by atoms with Crippen molar-refractivity contribution in [2.24, 2.45) is 5.92 Å². The SMILES string of the molecule is CC(C)[C@H](NS(=O)(=O)c1cc2c(cc1Br)OCCO2)C(=O)O. The maximum Gasteiger partial charge on any atom is 0.322 e. The Balaban J connectivity index is 2.39. The predicted octanol–water partition coefficient (Wildman–Crippen LogP) is 1.61. The lowest BCUT2D eigenvalue weighted by molar-refractivity contribution is -0.140. The summed E-state index contributed by atoms with van der Waals surface area (Å²) in [5, 5.41) is 9.13. The van der Waals surface area contributed by atoms with Crippen LogP contribution in [0.4, 0.5) is 0 Å². The predicted molar refractivity (Wildman–Crippen MR) is 81.7 cm³/mol. The Morgan fingerprint density at radius 2 is 1.82 bits per heavy atom. The first kappa shape index (κ1) is 17.0. The highest BCUT2D eigenvalue weighted by Gasteiger charge is 2.30. The molecule has 1 heterocycles. The summed E-state index contributed by atoms with van der Waals surface area (Å²) in [6, 6.07) is 1.60. The summed E-state index contributed by atoms with van der Waals surface area (Å²) in [5.74, 6) is -0.877. The van der Waals surface area contributed by atoms with Crippen LogP contribution in [0.5, 0.6) is 11.5 Å². The topological polar surface area (TPSA) is 102 Å². The molecule has 0 saturated heterocycles. The number of sulfonamides is 1. The summed E-state index contributed by atoms with van der Waals surface area (Å²) in [7, 11) is -4.03. The number of nitrogens with one attached hydrogen (secondary N) is 1. The Hall–Kier alpha value is -1.32. The third-order valence-electron chi connectivity index (χ3n) is 3.10. The zero-order chi connectivity index (χ0) is 16.5. The molecule has 1 aliphatic rings. The second-order valence-corrected chi connectivity index (χ2v) is 7.64. The van der Waals surface area contributed by atoms with Gasteiger partial charge in [0, 0.05) is 10.5 Å². The second-order valence-electron chi connectivity index (χ2n) is 5.11. The summed E-state index contributed by atoms with van der Waals surface area (Å²) < 4.78 is 38.1. The molecule has 22 heavy (non-hydrogen) atoms. The van der Waals surface area contributed by atoms with Crippen LogP contribution >= 0.6 is 15.9 Å². The molecule has 0 aromatic heterocycles. The van der Waals surface area contributed by atoms with E-state index in [-0.39, 0.29) is 9.37 Å². The zero-order valence-electron chi connectivity index (χ0n) is 12.0. The van der Waals surface area contributed by atoms with Gasteiger partial charge in [-0.05, 0) is 27.9 Å². The molecule has 7 nitrogen and oxygen atoms in total. The van der Waals surface area contributed by atoms with Crippen LogP contribution in [0.1, 0.15) is 13.8 Å². The largest absolute Gasteiger partial charge is 0.486 e. The van der Waals surface area contributed by atoms with Gasteiger partial charge in [-0.2, -0.15) is 4.72 Å². The fourth-order valence-electron chi connectivity index (χ4n) is 1.95. The summed E-state index contributed by atoms with van der Waals surface area (Å²) in [4.78, 5) is 11.1. The van der Waals surface area contributed by atoms with E-state index >= 15 is 0 Å². The number of carboxylic acid groups (broad SMARTS) is 1. The van der Waals surface area contributed by atoms with Crippen LogP contribution in [0.2, 0.25) is 0 Å². The highest BCUT2D eigenvalue weighted by atomic mass is 79.9. The van der Waals surface area contributed by atoms with Gasteiger partial charge in [-0.15, -0.1) is 0 Å². The molecule has 0 amide bonds. The number of aliphatic carboxylic acids is 1. The van der Waals surface area contributed by atoms with Gasteiger partial charge in [-0.1, -0.05) is 13.8 Å². The summed E-state index contributed by atoms with van der Waals surface area (Å²) >= 11 is 3.17. The number of carbonyl (C=O) groups is 1. The minimum absolute atomic E-state index is 0.0938. The van der Waals surface area contributed by atoms with E-state index in [9.17, 15) is 13.2 Å². The molecule has 0 saturated carbocycles. The van der Waals surface area contributed by atoms with Crippen molar-refractivity contribution in [1.82, 2.24) is 4.72 Å². The van der Waals surface area contributed by atoms with Crippen LogP contribution < -0.4 is 14.2 Å². The maximum absolute atomic E-state index is 12.5. The molecule has 122 valence electrons. The van der Waals surface area contributed by atoms with Gasteiger partial charge >= 0.3 is 5.97 Å². The van der Waals surface area contributed by atoms with Gasteiger partial charge in [-0.3, -0.25) is 4.79 Å². The van der Waals surface area contributed by atoms with E-state index in [0.29, 0.717) is 24.7 Å². The van der Waals surface area contributed by atoms with Crippen molar-refractivity contribution in [2.75, 3.05) is 13.2 Å². The van der Waals surface area contributed by atoms with E-state index in [1.54, 1.807) is 13.8 Å². The number of hydrogen-bond donors (Lipinski definition) is 2. The number of rotatable bonds is 5. The van der Waals surface area contributed by atoms with Gasteiger partial charge in [0.25, 0.3) is 0 Å². The van der Waals surface area contributed by atoms with Crippen molar-refractivity contribution in [3.63, 3.8) is 0 Å². The Labute approximate surface area is 136 Å². The molecule has 9 heteroatoms. The molecule has 1 aromatic carbocycles. The van der Waals surface area contributed by atoms with Gasteiger partial charge in [-0.25, -0.2) is 8.42 Å². The van der Waals surface area contributed by atoms with Gasteiger partial charge in [0.1, 0.15) is 24.2 Å². The van der Waals surface area contributed by atoms with Gasteiger partial charge in [0.15, 0.2) is 11.5 Å². The Morgan fingerprint density at radius 3 is 2.32 bits per heavy atom. The zero-order valence-corrected chi connectivity index (χ0v) is 14.4. The molecule has 1 atom stereocenters. The molecule has 2 rings (SSSR count). The van der Waals surface area contributed by atoms with Crippen molar-refractivity contribution in [2.45, 2.75) is 24.8 Å². The van der Waals surface area contributed by atoms with Crippen LogP contribution in [-0.2, 0) is 14.8 Å². The van der Waals surface area contributed by atoms with Crippen LogP contribution in [0.3, 0.4) is 0 Å². The van der Waals surface area contributed by atoms with Crippen molar-refractivity contribution in [3.05, 3.63) is 16.6 Å². The third-order valence-corrected chi connectivity index (χ3v) is 5.50. The Kier molecular flexibility index (Phi) is 4.98. The first-order chi connectivity index (χ1) is 10.2. The van der Waals surface area contributed by atoms with Gasteiger partial charge in [0.05, 0.1) is 0 Å². The molecular weight excluding hydrogens is 378 g/mol. The van der Waals surface area contributed by atoms with Crippen molar-refractivity contribution >= 4 is 31.9 Å². The lowest BCUT2D eigenvalue weighted by Crippen LogP contribution is -2.44. The van der Waals surface area contributed by atoms with E-state index < -0.39 is 28.0 Å². The molecule has 1 aromatic rings. The lowest BCUT2D eigenvalue weighted by Gasteiger charge is -2.21. The lowest BCUT2D eigenvalue weighted by atomic mass is 10.1. The van der Waals surface area contributed by atoms with E-state index in [2.05, 4.69) is 20.7 Å². The molecule has 0 bridgehead atoms. The minimum Gasteiger partial charge on any atom is -0.486 e. The molecule has 1 aliphatic heterocycles. The third kappa shape index (κ3) is 3.53. The number of fused-ring (bicyclic) bond motifs is 1. The van der Waals surface area contributed by atoms with E-state index in [1.165, 1.54) is 12.1 Å². The number of halogens is 1. The molecule has 0 spiro atoms. The molecular formula is C13H16BrNO6S. The highest BCUT2D eigenvalue weighted by molar-refractivity contribution is 9.10. The van der Waals surface area contributed by atoms with Gasteiger partial charge < -0.3 is 14.6 Å². The molecule has 0 unspecified atom stereocenters. The standard InChI is InChI=1S/C13H16BrNO6S/c1-7(2)12(13(16)17)15-22(18,19)11-6-10-9(5-8(11)14)20-3-4-21-10/h5-7,12,15H,3-4H2,1-2H3,(H,16,17)/t12-/m0/s1. The number of carboxylic acids is 1. The fraction of sp³-hybridized carbons (Fsp3) is 0.462. The minimum atomic E-state index is -4.03. The summed E-state index contributed by atoms with van der Waals surface area (Å²) in [5.41, 5.74) is 0. The maximum atomic E-state index is 12.5. The molecule has 2 N–H and O–H groups in total.